The second kappa shape index (κ2) is 7.14. The zero-order valence-electron chi connectivity index (χ0n) is 14.0. The Morgan fingerprint density at radius 2 is 1.67 bits per heavy atom. The molecule has 0 radical (unpaired) electrons. The fourth-order valence-electron chi connectivity index (χ4n) is 4.83. The minimum Gasteiger partial charge on any atom is -0.388 e. The van der Waals surface area contributed by atoms with Crippen LogP contribution in [0.5, 0.6) is 0 Å². The normalized spacial score (nSPS) is 41.2. The van der Waals surface area contributed by atoms with Crippen LogP contribution in [0.2, 0.25) is 0 Å². The molecule has 0 spiro atoms. The molecule has 0 aromatic heterocycles. The minimum atomic E-state index is -0.719. The first-order chi connectivity index (χ1) is 10.1. The first-order valence-electron chi connectivity index (χ1n) is 9.23. The molecule has 0 aliphatic heterocycles. The molecular formula is C19H33NO. The molecule has 21 heavy (non-hydrogen) atoms. The van der Waals surface area contributed by atoms with Crippen molar-refractivity contribution in [3.63, 3.8) is 0 Å². The van der Waals surface area contributed by atoms with E-state index in [4.69, 9.17) is 0 Å². The van der Waals surface area contributed by atoms with Gasteiger partial charge < -0.3 is 5.11 Å². The largest absolute Gasteiger partial charge is 0.388 e. The van der Waals surface area contributed by atoms with Gasteiger partial charge in [-0.2, -0.15) is 5.26 Å². The van der Waals surface area contributed by atoms with E-state index in [1.807, 2.05) is 0 Å². The molecule has 2 rings (SSSR count). The van der Waals surface area contributed by atoms with Crippen molar-refractivity contribution < 1.29 is 5.11 Å². The lowest BCUT2D eigenvalue weighted by atomic mass is 9.59. The molecular weight excluding hydrogens is 258 g/mol. The van der Waals surface area contributed by atoms with E-state index in [0.29, 0.717) is 0 Å². The smallest absolute Gasteiger partial charge is 0.0860 e. The number of nitrogens with zero attached hydrogens (tertiary/aromatic N) is 1. The molecule has 2 nitrogen and oxygen atoms in total. The van der Waals surface area contributed by atoms with Gasteiger partial charge in [0.05, 0.1) is 17.1 Å². The van der Waals surface area contributed by atoms with E-state index in [1.54, 1.807) is 0 Å². The van der Waals surface area contributed by atoms with Gasteiger partial charge in [0, 0.05) is 0 Å². The van der Waals surface area contributed by atoms with Gasteiger partial charge in [0.1, 0.15) is 0 Å². The second-order valence-corrected chi connectivity index (χ2v) is 7.66. The Kier molecular flexibility index (Phi) is 5.72. The molecule has 0 bridgehead atoms. The molecule has 0 heterocycles. The van der Waals surface area contributed by atoms with Gasteiger partial charge in [-0.1, -0.05) is 46.0 Å². The summed E-state index contributed by atoms with van der Waals surface area (Å²) >= 11 is 0. The van der Waals surface area contributed by atoms with E-state index >= 15 is 0 Å². The van der Waals surface area contributed by atoms with Crippen molar-refractivity contribution in [2.75, 3.05) is 0 Å². The third-order valence-electron chi connectivity index (χ3n) is 6.51. The minimum absolute atomic E-state index is 0.458. The SMILES string of the molecule is CCCC1CCC(C#N)(C2(O)CCCC(CC)CC2)CC1. The van der Waals surface area contributed by atoms with Crippen LogP contribution in [0, 0.1) is 28.6 Å². The highest BCUT2D eigenvalue weighted by Crippen LogP contribution is 2.52. The fourth-order valence-corrected chi connectivity index (χ4v) is 4.83. The molecule has 2 atom stereocenters. The van der Waals surface area contributed by atoms with Crippen LogP contribution < -0.4 is 0 Å². The summed E-state index contributed by atoms with van der Waals surface area (Å²) in [6, 6.07) is 2.60. The molecule has 0 aromatic carbocycles. The van der Waals surface area contributed by atoms with Crippen LogP contribution in [-0.4, -0.2) is 10.7 Å². The molecule has 2 saturated carbocycles. The average Bonchev–Trinajstić information content (AvgIpc) is 2.71. The van der Waals surface area contributed by atoms with E-state index < -0.39 is 11.0 Å². The van der Waals surface area contributed by atoms with Crippen molar-refractivity contribution in [3.8, 4) is 6.07 Å². The van der Waals surface area contributed by atoms with Gasteiger partial charge in [0.25, 0.3) is 0 Å². The Morgan fingerprint density at radius 1 is 1.00 bits per heavy atom. The van der Waals surface area contributed by atoms with Gasteiger partial charge in [-0.15, -0.1) is 0 Å². The predicted octanol–water partition coefficient (Wildman–Crippen LogP) is 5.21. The summed E-state index contributed by atoms with van der Waals surface area (Å²) in [5.41, 5.74) is -1.18. The van der Waals surface area contributed by atoms with Crippen molar-refractivity contribution in [1.82, 2.24) is 0 Å². The van der Waals surface area contributed by atoms with E-state index in [-0.39, 0.29) is 0 Å². The van der Waals surface area contributed by atoms with Crippen molar-refractivity contribution in [3.05, 3.63) is 0 Å². The quantitative estimate of drug-likeness (QED) is 0.723. The van der Waals surface area contributed by atoms with Crippen LogP contribution >= 0.6 is 0 Å². The Labute approximate surface area is 130 Å². The van der Waals surface area contributed by atoms with Gasteiger partial charge in [0.15, 0.2) is 0 Å². The molecule has 2 unspecified atom stereocenters. The van der Waals surface area contributed by atoms with Gasteiger partial charge in [-0.05, 0) is 56.8 Å². The Bertz CT molecular complexity index is 364. The number of nitriles is 1. The lowest BCUT2D eigenvalue weighted by Gasteiger charge is -2.46. The third-order valence-corrected chi connectivity index (χ3v) is 6.51. The first-order valence-corrected chi connectivity index (χ1v) is 9.23. The van der Waals surface area contributed by atoms with Crippen LogP contribution in [0.25, 0.3) is 0 Å². The maximum Gasteiger partial charge on any atom is 0.0860 e. The lowest BCUT2D eigenvalue weighted by Crippen LogP contribution is -2.49. The summed E-state index contributed by atoms with van der Waals surface area (Å²) in [5.74, 6) is 1.54. The monoisotopic (exact) mass is 291 g/mol. The lowest BCUT2D eigenvalue weighted by molar-refractivity contribution is -0.0894. The Hall–Kier alpha value is -0.550. The van der Waals surface area contributed by atoms with Gasteiger partial charge >= 0.3 is 0 Å². The predicted molar refractivity (Wildman–Crippen MR) is 86.7 cm³/mol. The molecule has 0 saturated heterocycles. The molecule has 1 N–H and O–H groups in total. The topological polar surface area (TPSA) is 44.0 Å². The van der Waals surface area contributed by atoms with Gasteiger partial charge in [0.2, 0.25) is 0 Å². The molecule has 120 valence electrons. The molecule has 2 heteroatoms. The maximum absolute atomic E-state index is 11.3. The van der Waals surface area contributed by atoms with E-state index in [0.717, 1.165) is 63.2 Å². The number of hydrogen-bond acceptors (Lipinski definition) is 2. The van der Waals surface area contributed by atoms with Crippen LogP contribution in [-0.2, 0) is 0 Å². The maximum atomic E-state index is 11.3. The summed E-state index contributed by atoms with van der Waals surface area (Å²) in [6.07, 6.45) is 13.0. The molecule has 2 aliphatic carbocycles. The van der Waals surface area contributed by atoms with Crippen molar-refractivity contribution in [1.29, 1.82) is 5.26 Å². The van der Waals surface area contributed by atoms with Crippen LogP contribution in [0.1, 0.15) is 90.9 Å². The first kappa shape index (κ1) is 16.8. The standard InChI is InChI=1S/C19H33NO/c1-3-6-17-8-12-18(15-20,13-9-17)19(21)11-5-7-16(4-2)10-14-19/h16-17,21H,3-14H2,1-2H3. The zero-order valence-corrected chi connectivity index (χ0v) is 14.0. The summed E-state index contributed by atoms with van der Waals surface area (Å²) in [7, 11) is 0. The second-order valence-electron chi connectivity index (χ2n) is 7.66. The van der Waals surface area contributed by atoms with Gasteiger partial charge in [-0.3, -0.25) is 0 Å². The van der Waals surface area contributed by atoms with E-state index in [2.05, 4.69) is 19.9 Å². The molecule has 0 aromatic rings. The molecule has 2 fully saturated rings. The summed E-state index contributed by atoms with van der Waals surface area (Å²) in [4.78, 5) is 0. The van der Waals surface area contributed by atoms with E-state index in [1.165, 1.54) is 25.7 Å². The average molecular weight is 291 g/mol. The fraction of sp³-hybridized carbons (Fsp3) is 0.947. The van der Waals surface area contributed by atoms with Crippen molar-refractivity contribution >= 4 is 0 Å². The highest BCUT2D eigenvalue weighted by Gasteiger charge is 2.52. The van der Waals surface area contributed by atoms with E-state index in [9.17, 15) is 10.4 Å². The van der Waals surface area contributed by atoms with Crippen molar-refractivity contribution in [2.45, 2.75) is 96.5 Å². The van der Waals surface area contributed by atoms with Crippen LogP contribution in [0.4, 0.5) is 0 Å². The molecule has 0 amide bonds. The van der Waals surface area contributed by atoms with Crippen LogP contribution in [0.15, 0.2) is 0 Å². The summed E-state index contributed by atoms with van der Waals surface area (Å²) < 4.78 is 0. The highest BCUT2D eigenvalue weighted by atomic mass is 16.3. The molecule has 2 aliphatic rings. The third kappa shape index (κ3) is 3.45. The highest BCUT2D eigenvalue weighted by molar-refractivity contribution is 5.13. The zero-order chi connectivity index (χ0) is 15.3. The summed E-state index contributed by atoms with van der Waals surface area (Å²) in [5, 5.41) is 21.2. The van der Waals surface area contributed by atoms with Gasteiger partial charge in [-0.25, -0.2) is 0 Å². The Morgan fingerprint density at radius 3 is 2.24 bits per heavy atom. The number of hydrogen-bond donors (Lipinski definition) is 1. The van der Waals surface area contributed by atoms with Crippen LogP contribution in [0.3, 0.4) is 0 Å². The Balaban J connectivity index is 2.08. The summed E-state index contributed by atoms with van der Waals surface area (Å²) in [6.45, 7) is 4.50. The number of aliphatic hydroxyl groups is 1. The van der Waals surface area contributed by atoms with Crippen molar-refractivity contribution in [2.24, 2.45) is 17.3 Å². The number of rotatable bonds is 4.